The number of amides is 1. The lowest BCUT2D eigenvalue weighted by molar-refractivity contribution is -0.192. The smallest absolute Gasteiger partial charge is 0.478 e. The molecule has 1 unspecified atom stereocenters. The van der Waals surface area contributed by atoms with Crippen LogP contribution in [-0.4, -0.2) is 70.5 Å². The van der Waals surface area contributed by atoms with Crippen LogP contribution in [0.25, 0.3) is 22.2 Å². The molecule has 5 rings (SSSR count). The zero-order valence-electron chi connectivity index (χ0n) is 28.7. The summed E-state index contributed by atoms with van der Waals surface area (Å²) in [7, 11) is -4.47. The molecule has 0 saturated heterocycles. The molecule has 0 bridgehead atoms. The molecule has 0 radical (unpaired) electrons. The number of carbonyl (C=O) groups is 3. The minimum absolute atomic E-state index is 0.0383. The van der Waals surface area contributed by atoms with Crippen LogP contribution in [0.2, 0.25) is 0 Å². The van der Waals surface area contributed by atoms with Gasteiger partial charge in [-0.2, -0.15) is 23.0 Å². The van der Waals surface area contributed by atoms with Crippen molar-refractivity contribution in [3.63, 3.8) is 0 Å². The van der Waals surface area contributed by atoms with Gasteiger partial charge in [-0.25, -0.2) is 23.0 Å². The van der Waals surface area contributed by atoms with Crippen LogP contribution in [0.5, 0.6) is 0 Å². The molecule has 2 heterocycles. The number of aryl methyl sites for hydroxylation is 3. The Labute approximate surface area is 302 Å². The Kier molecular flexibility index (Phi) is 12.6. The fourth-order valence-electron chi connectivity index (χ4n) is 6.09. The maximum atomic E-state index is 14.1. The summed E-state index contributed by atoms with van der Waals surface area (Å²) in [6.45, 7) is 5.58. The van der Waals surface area contributed by atoms with Crippen LogP contribution < -0.4 is 15.4 Å². The first-order valence-electron chi connectivity index (χ1n) is 16.0. The van der Waals surface area contributed by atoms with Crippen molar-refractivity contribution in [2.24, 2.45) is 0 Å². The van der Waals surface area contributed by atoms with Gasteiger partial charge in [0.15, 0.2) is 0 Å². The van der Waals surface area contributed by atoms with Crippen molar-refractivity contribution in [3.8, 4) is 11.3 Å². The first kappa shape index (κ1) is 40.0. The lowest BCUT2D eigenvalue weighted by Gasteiger charge is -2.38. The molecule has 2 atom stereocenters. The Morgan fingerprint density at radius 1 is 0.925 bits per heavy atom. The molecule has 280 valence electrons. The summed E-state index contributed by atoms with van der Waals surface area (Å²) >= 11 is 0. The molecule has 13 nitrogen and oxygen atoms in total. The summed E-state index contributed by atoms with van der Waals surface area (Å²) in [5, 5.41) is 31.8. The number of benzene rings is 3. The lowest BCUT2D eigenvalue weighted by atomic mass is 9.82. The van der Waals surface area contributed by atoms with Crippen molar-refractivity contribution in [2.75, 3.05) is 11.9 Å². The highest BCUT2D eigenvalue weighted by Crippen LogP contribution is 2.37. The number of carboxylic acids is 2. The fraction of sp³-hybridized carbons (Fsp3) is 0.250. The largest absolute Gasteiger partial charge is 0.490 e. The van der Waals surface area contributed by atoms with Gasteiger partial charge < -0.3 is 20.8 Å². The van der Waals surface area contributed by atoms with Crippen LogP contribution in [0.15, 0.2) is 90.0 Å². The molecule has 17 heteroatoms. The van der Waals surface area contributed by atoms with Crippen LogP contribution in [0, 0.1) is 20.8 Å². The lowest BCUT2D eigenvalue weighted by Crippen LogP contribution is -2.67. The highest BCUT2D eigenvalue weighted by Gasteiger charge is 2.50. The molecule has 53 heavy (non-hydrogen) atoms. The number of halogens is 3. The number of pyridine rings is 1. The number of rotatable bonds is 14. The van der Waals surface area contributed by atoms with E-state index in [1.165, 1.54) is 0 Å². The molecule has 0 aliphatic carbocycles. The maximum absolute atomic E-state index is 14.1. The highest BCUT2D eigenvalue weighted by molar-refractivity contribution is 7.89. The van der Waals surface area contributed by atoms with E-state index in [4.69, 9.17) is 9.90 Å². The van der Waals surface area contributed by atoms with Gasteiger partial charge in [-0.05, 0) is 74.6 Å². The van der Waals surface area contributed by atoms with E-state index in [9.17, 15) is 36.3 Å². The first-order valence-corrected chi connectivity index (χ1v) is 17.5. The molecular formula is C36H37F3N6O7S. The molecule has 0 fully saturated rings. The maximum Gasteiger partial charge on any atom is 0.490 e. The molecule has 3 aromatic carbocycles. The summed E-state index contributed by atoms with van der Waals surface area (Å²) in [4.78, 5) is 38.6. The molecule has 0 spiro atoms. The SMILES string of the molecule is Cc1cc(C)c(S(=O)(=O)N[C@](NC=O)(C(=O)O)C(CCCNc2ccccn2)c2ccc3[nH]nc(-c4ccccc4)c3c2)c(C)c1.O=C(O)C(F)(F)F. The number of H-pyrrole nitrogens is 1. The van der Waals surface area contributed by atoms with Crippen molar-refractivity contribution in [1.29, 1.82) is 0 Å². The Balaban J connectivity index is 0.000000815. The minimum atomic E-state index is -5.08. The van der Waals surface area contributed by atoms with E-state index in [0.29, 0.717) is 46.7 Å². The summed E-state index contributed by atoms with van der Waals surface area (Å²) < 4.78 is 62.3. The number of carboxylic acid groups (broad SMARTS) is 2. The topological polar surface area (TPSA) is 203 Å². The number of carbonyl (C=O) groups excluding carboxylic acids is 1. The molecule has 1 amide bonds. The third kappa shape index (κ3) is 9.55. The van der Waals surface area contributed by atoms with Gasteiger partial charge in [0.1, 0.15) is 5.82 Å². The molecular weight excluding hydrogens is 717 g/mol. The second-order valence-corrected chi connectivity index (χ2v) is 13.7. The number of nitrogens with one attached hydrogen (secondary N) is 4. The van der Waals surface area contributed by atoms with Crippen LogP contribution in [0.1, 0.15) is 41.0 Å². The van der Waals surface area contributed by atoms with Crippen LogP contribution >= 0.6 is 0 Å². The first-order chi connectivity index (χ1) is 25.0. The predicted molar refractivity (Wildman–Crippen MR) is 190 cm³/mol. The Hall–Kier alpha value is -5.81. The monoisotopic (exact) mass is 754 g/mol. The third-order valence-electron chi connectivity index (χ3n) is 8.23. The number of alkyl halides is 3. The minimum Gasteiger partial charge on any atom is -0.478 e. The van der Waals surface area contributed by atoms with Gasteiger partial charge in [0.05, 0.1) is 16.1 Å². The molecule has 0 aliphatic rings. The van der Waals surface area contributed by atoms with Crippen molar-refractivity contribution >= 4 is 45.1 Å². The number of aromatic amines is 1. The number of sulfonamides is 1. The predicted octanol–water partition coefficient (Wildman–Crippen LogP) is 5.66. The second-order valence-electron chi connectivity index (χ2n) is 12.1. The fourth-order valence-corrected chi connectivity index (χ4v) is 7.87. The van der Waals surface area contributed by atoms with Crippen molar-refractivity contribution in [2.45, 2.75) is 56.3 Å². The van der Waals surface area contributed by atoms with Crippen LogP contribution in [-0.2, 0) is 24.4 Å². The van der Waals surface area contributed by atoms with Gasteiger partial charge in [-0.15, -0.1) is 0 Å². The van der Waals surface area contributed by atoms with E-state index in [0.717, 1.165) is 16.5 Å². The number of fused-ring (bicyclic) bond motifs is 1. The van der Waals surface area contributed by atoms with Gasteiger partial charge in [-0.1, -0.05) is 60.2 Å². The van der Waals surface area contributed by atoms with E-state index >= 15 is 0 Å². The van der Waals surface area contributed by atoms with Gasteiger partial charge in [0, 0.05) is 29.6 Å². The molecule has 2 aromatic heterocycles. The highest BCUT2D eigenvalue weighted by atomic mass is 32.2. The van der Waals surface area contributed by atoms with E-state index < -0.39 is 39.7 Å². The van der Waals surface area contributed by atoms with Crippen molar-refractivity contribution in [3.05, 3.63) is 107 Å². The van der Waals surface area contributed by atoms with E-state index in [-0.39, 0.29) is 17.7 Å². The average Bonchev–Trinajstić information content (AvgIpc) is 3.51. The van der Waals surface area contributed by atoms with Gasteiger partial charge >= 0.3 is 18.1 Å². The average molecular weight is 755 g/mol. The number of nitrogens with zero attached hydrogens (tertiary/aromatic N) is 2. The van der Waals surface area contributed by atoms with E-state index in [2.05, 4.69) is 30.5 Å². The number of hydrogen-bond acceptors (Lipinski definition) is 8. The third-order valence-corrected chi connectivity index (χ3v) is 10.0. The van der Waals surface area contributed by atoms with Gasteiger partial charge in [0.25, 0.3) is 0 Å². The van der Waals surface area contributed by atoms with Crippen LogP contribution in [0.4, 0.5) is 19.0 Å². The quantitative estimate of drug-likeness (QED) is 0.0466. The van der Waals surface area contributed by atoms with Crippen LogP contribution in [0.3, 0.4) is 0 Å². The molecule has 6 N–H and O–H groups in total. The summed E-state index contributed by atoms with van der Waals surface area (Å²) in [5.74, 6) is -4.71. The van der Waals surface area contributed by atoms with Gasteiger partial charge in [0.2, 0.25) is 22.1 Å². The molecule has 5 aromatic rings. The van der Waals surface area contributed by atoms with Crippen molar-refractivity contribution < 1.29 is 46.2 Å². The van der Waals surface area contributed by atoms with E-state index in [1.807, 2.05) is 49.4 Å². The Morgan fingerprint density at radius 2 is 1.57 bits per heavy atom. The molecule has 0 aliphatic heterocycles. The normalized spacial score (nSPS) is 13.2. The second kappa shape index (κ2) is 16.7. The standard InChI is InChI=1S/C34H36N6O5S.C2HF3O2/c1-22-18-23(2)32(24(3)19-22)46(44,45)40-34(33(42)43,37-21-41)28(12-9-17-36-30-13-7-8-16-35-30)26-14-15-29-27(20-26)31(39-38-29)25-10-5-4-6-11-25;3-2(4,5)1(6)7/h4-8,10-11,13-16,18-21,28,40H,9,12,17H2,1-3H3,(H,35,36)(H,37,41)(H,38,39)(H,42,43);(H,6,7)/t28?,34-;/m0./s1. The van der Waals surface area contributed by atoms with Crippen molar-refractivity contribution in [1.82, 2.24) is 25.2 Å². The van der Waals surface area contributed by atoms with Gasteiger partial charge in [-0.3, -0.25) is 9.89 Å². The Bertz CT molecular complexity index is 2160. The number of aromatic nitrogens is 3. The summed E-state index contributed by atoms with van der Waals surface area (Å²) in [6, 6.07) is 23.7. The number of hydrogen-bond donors (Lipinski definition) is 6. The number of aliphatic carboxylic acids is 2. The summed E-state index contributed by atoms with van der Waals surface area (Å²) in [5.41, 5.74) is 2.06. The molecule has 0 saturated carbocycles. The number of anilines is 1. The summed E-state index contributed by atoms with van der Waals surface area (Å²) in [6.07, 6.45) is -2.62. The van der Waals surface area contributed by atoms with E-state index in [1.54, 1.807) is 56.4 Å². The Morgan fingerprint density at radius 3 is 2.13 bits per heavy atom. The zero-order valence-corrected chi connectivity index (χ0v) is 29.5. The zero-order chi connectivity index (χ0) is 39.0.